The summed E-state index contributed by atoms with van der Waals surface area (Å²) in [6.07, 6.45) is 1.11. The number of urea groups is 1. The minimum atomic E-state index is -1.30. The van der Waals surface area contributed by atoms with E-state index in [2.05, 4.69) is 15.4 Å². The number of carbonyl (C=O) groups is 3. The topological polar surface area (TPSA) is 114 Å². The number of methoxy groups -OCH3 is 2. The fourth-order valence-corrected chi connectivity index (χ4v) is 1.71. The van der Waals surface area contributed by atoms with E-state index >= 15 is 0 Å². The van der Waals surface area contributed by atoms with E-state index in [4.69, 9.17) is 9.84 Å². The average molecular weight is 274 g/mol. The minimum absolute atomic E-state index is 0.0301. The van der Waals surface area contributed by atoms with Gasteiger partial charge in [0.15, 0.2) is 0 Å². The summed E-state index contributed by atoms with van der Waals surface area (Å²) in [4.78, 5) is 33.4. The third-order valence-electron chi connectivity index (χ3n) is 2.97. The van der Waals surface area contributed by atoms with Crippen LogP contribution in [0.4, 0.5) is 4.79 Å². The van der Waals surface area contributed by atoms with Crippen LogP contribution in [0.1, 0.15) is 19.3 Å². The molecule has 2 amide bonds. The number of aliphatic carboxylic acids is 1. The van der Waals surface area contributed by atoms with E-state index in [0.29, 0.717) is 12.8 Å². The quantitative estimate of drug-likeness (QED) is 0.561. The molecule has 1 fully saturated rings. The first kappa shape index (κ1) is 15.2. The Morgan fingerprint density at radius 3 is 2.42 bits per heavy atom. The number of ether oxygens (including phenoxy) is 2. The molecule has 0 heterocycles. The smallest absolute Gasteiger partial charge is 0.326 e. The van der Waals surface area contributed by atoms with Crippen molar-refractivity contribution in [1.82, 2.24) is 10.6 Å². The summed E-state index contributed by atoms with van der Waals surface area (Å²) in [6, 6.07) is -1.95. The van der Waals surface area contributed by atoms with E-state index in [-0.39, 0.29) is 12.1 Å². The number of hydrogen-bond acceptors (Lipinski definition) is 5. The molecule has 0 spiro atoms. The first-order chi connectivity index (χ1) is 8.96. The molecule has 0 aromatic heterocycles. The fraction of sp³-hybridized carbons (Fsp3) is 0.727. The molecule has 3 N–H and O–H groups in total. The van der Waals surface area contributed by atoms with Gasteiger partial charge < -0.3 is 25.2 Å². The second kappa shape index (κ2) is 6.93. The van der Waals surface area contributed by atoms with Gasteiger partial charge in [-0.2, -0.15) is 0 Å². The van der Waals surface area contributed by atoms with Gasteiger partial charge in [-0.05, 0) is 12.8 Å². The van der Waals surface area contributed by atoms with Crippen LogP contribution >= 0.6 is 0 Å². The number of nitrogens with one attached hydrogen (secondary N) is 2. The van der Waals surface area contributed by atoms with Gasteiger partial charge in [0.2, 0.25) is 0 Å². The van der Waals surface area contributed by atoms with E-state index in [1.165, 1.54) is 0 Å². The lowest BCUT2D eigenvalue weighted by Crippen LogP contribution is -2.54. The predicted octanol–water partition coefficient (Wildman–Crippen LogP) is -0.521. The van der Waals surface area contributed by atoms with Gasteiger partial charge in [-0.25, -0.2) is 9.59 Å². The third kappa shape index (κ3) is 4.74. The molecule has 0 aromatic carbocycles. The highest BCUT2D eigenvalue weighted by Gasteiger charge is 2.31. The zero-order valence-corrected chi connectivity index (χ0v) is 10.8. The zero-order valence-electron chi connectivity index (χ0n) is 10.8. The number of hydrogen-bond donors (Lipinski definition) is 3. The third-order valence-corrected chi connectivity index (χ3v) is 2.97. The normalized spacial score (nSPS) is 22.8. The molecule has 1 aliphatic carbocycles. The van der Waals surface area contributed by atoms with Crippen LogP contribution in [-0.4, -0.2) is 55.5 Å². The van der Waals surface area contributed by atoms with Crippen molar-refractivity contribution in [2.24, 2.45) is 0 Å². The minimum Gasteiger partial charge on any atom is -0.480 e. The lowest BCUT2D eigenvalue weighted by atomic mass is 9.89. The molecule has 0 aliphatic heterocycles. The molecule has 8 nitrogen and oxygen atoms in total. The van der Waals surface area contributed by atoms with Crippen molar-refractivity contribution in [1.29, 1.82) is 0 Å². The van der Waals surface area contributed by atoms with E-state index in [1.54, 1.807) is 7.11 Å². The monoisotopic (exact) mass is 274 g/mol. The second-order valence-corrected chi connectivity index (χ2v) is 4.31. The van der Waals surface area contributed by atoms with E-state index in [9.17, 15) is 14.4 Å². The van der Waals surface area contributed by atoms with Gasteiger partial charge in [-0.1, -0.05) is 0 Å². The molecular weight excluding hydrogens is 256 g/mol. The molecule has 0 unspecified atom stereocenters. The Kier molecular flexibility index (Phi) is 5.56. The van der Waals surface area contributed by atoms with Gasteiger partial charge in [-0.3, -0.25) is 4.79 Å². The number of amides is 2. The molecule has 1 rings (SSSR count). The van der Waals surface area contributed by atoms with Crippen molar-refractivity contribution in [2.45, 2.75) is 37.5 Å². The molecule has 1 atom stereocenters. The highest BCUT2D eigenvalue weighted by atomic mass is 16.5. The first-order valence-electron chi connectivity index (χ1n) is 5.85. The van der Waals surface area contributed by atoms with Crippen LogP contribution in [0.5, 0.6) is 0 Å². The summed E-state index contributed by atoms with van der Waals surface area (Å²) >= 11 is 0. The van der Waals surface area contributed by atoms with Crippen LogP contribution in [0.15, 0.2) is 0 Å². The van der Waals surface area contributed by atoms with Gasteiger partial charge in [0, 0.05) is 13.2 Å². The standard InChI is InChI=1S/C11H18N2O6/c1-18-7-3-6(4-7)12-11(17)13-8(10(15)16)5-9(14)19-2/h6-8H,3-5H2,1-2H3,(H,15,16)(H2,12,13,17)/t6?,7?,8-/m0/s1. The van der Waals surface area contributed by atoms with Gasteiger partial charge in [0.1, 0.15) is 6.04 Å². The van der Waals surface area contributed by atoms with Crippen molar-refractivity contribution in [2.75, 3.05) is 14.2 Å². The molecule has 8 heteroatoms. The van der Waals surface area contributed by atoms with Crippen molar-refractivity contribution in [3.05, 3.63) is 0 Å². The first-order valence-corrected chi connectivity index (χ1v) is 5.85. The summed E-state index contributed by atoms with van der Waals surface area (Å²) in [6.45, 7) is 0. The fourth-order valence-electron chi connectivity index (χ4n) is 1.71. The SMILES string of the molecule is COC(=O)C[C@H](NC(=O)NC1CC(OC)C1)C(=O)O. The largest absolute Gasteiger partial charge is 0.480 e. The van der Waals surface area contributed by atoms with Crippen LogP contribution in [0, 0.1) is 0 Å². The highest BCUT2D eigenvalue weighted by molar-refractivity contribution is 5.86. The van der Waals surface area contributed by atoms with E-state index < -0.39 is 30.4 Å². The number of esters is 1. The van der Waals surface area contributed by atoms with Crippen molar-refractivity contribution in [3.8, 4) is 0 Å². The molecule has 0 radical (unpaired) electrons. The Morgan fingerprint density at radius 1 is 1.32 bits per heavy atom. The number of carboxylic acids is 1. The highest BCUT2D eigenvalue weighted by Crippen LogP contribution is 2.22. The van der Waals surface area contributed by atoms with Crippen LogP contribution in [0.25, 0.3) is 0 Å². The second-order valence-electron chi connectivity index (χ2n) is 4.31. The molecule has 19 heavy (non-hydrogen) atoms. The lowest BCUT2D eigenvalue weighted by molar-refractivity contribution is -0.147. The Balaban J connectivity index is 2.35. The summed E-state index contributed by atoms with van der Waals surface area (Å²) in [7, 11) is 2.75. The van der Waals surface area contributed by atoms with Gasteiger partial charge in [0.05, 0.1) is 19.6 Å². The molecule has 1 aliphatic rings. The maximum Gasteiger partial charge on any atom is 0.326 e. The van der Waals surface area contributed by atoms with Crippen molar-refractivity contribution >= 4 is 18.0 Å². The molecule has 0 aromatic rings. The van der Waals surface area contributed by atoms with Crippen molar-refractivity contribution < 1.29 is 29.0 Å². The van der Waals surface area contributed by atoms with Gasteiger partial charge >= 0.3 is 18.0 Å². The maximum atomic E-state index is 11.5. The molecule has 108 valence electrons. The van der Waals surface area contributed by atoms with E-state index in [1.807, 2.05) is 0 Å². The molecule has 1 saturated carbocycles. The number of rotatable bonds is 6. The van der Waals surface area contributed by atoms with Crippen LogP contribution < -0.4 is 10.6 Å². The van der Waals surface area contributed by atoms with Gasteiger partial charge in [0.25, 0.3) is 0 Å². The van der Waals surface area contributed by atoms with Crippen LogP contribution in [0.2, 0.25) is 0 Å². The predicted molar refractivity (Wildman–Crippen MR) is 63.5 cm³/mol. The number of carbonyl (C=O) groups excluding carboxylic acids is 2. The average Bonchev–Trinajstić information content (AvgIpc) is 2.31. The summed E-state index contributed by atoms with van der Waals surface area (Å²) < 4.78 is 9.42. The lowest BCUT2D eigenvalue weighted by Gasteiger charge is -2.34. The Morgan fingerprint density at radius 2 is 1.95 bits per heavy atom. The Labute approximate surface area is 110 Å². The zero-order chi connectivity index (χ0) is 14.4. The molecule has 0 saturated heterocycles. The molecule has 0 bridgehead atoms. The number of carboxylic acid groups (broad SMARTS) is 1. The van der Waals surface area contributed by atoms with Crippen LogP contribution in [0.3, 0.4) is 0 Å². The Bertz CT molecular complexity index is 353. The summed E-state index contributed by atoms with van der Waals surface area (Å²) in [5.41, 5.74) is 0. The molecular formula is C11H18N2O6. The Hall–Kier alpha value is -1.83. The summed E-state index contributed by atoms with van der Waals surface area (Å²) in [5.74, 6) is -1.99. The summed E-state index contributed by atoms with van der Waals surface area (Å²) in [5, 5.41) is 13.7. The van der Waals surface area contributed by atoms with Crippen LogP contribution in [-0.2, 0) is 19.1 Å². The van der Waals surface area contributed by atoms with E-state index in [0.717, 1.165) is 7.11 Å². The van der Waals surface area contributed by atoms with Crippen molar-refractivity contribution in [3.63, 3.8) is 0 Å². The van der Waals surface area contributed by atoms with Gasteiger partial charge in [-0.15, -0.1) is 0 Å². The maximum absolute atomic E-state index is 11.5.